The first-order valence-electron chi connectivity index (χ1n) is 5.23. The average molecular weight is 398 g/mol. The van der Waals surface area contributed by atoms with Crippen LogP contribution in [0.25, 0.3) is 0 Å². The fraction of sp³-hybridized carbons (Fsp3) is 1.00. The van der Waals surface area contributed by atoms with Gasteiger partial charge in [-0.25, -0.2) is 16.8 Å². The molecular formula is C7H12Na2O12S2. The third kappa shape index (κ3) is 9.18. The molecule has 1 saturated heterocycles. The van der Waals surface area contributed by atoms with Crippen LogP contribution >= 0.6 is 0 Å². The van der Waals surface area contributed by atoms with E-state index in [0.717, 1.165) is 7.11 Å². The molecule has 0 bridgehead atoms. The molecule has 2 N–H and O–H groups in total. The number of hydrogen-bond acceptors (Lipinski definition) is 12. The molecule has 16 heteroatoms. The first kappa shape index (κ1) is 26.8. The predicted molar refractivity (Wildman–Crippen MR) is 57.9 cm³/mol. The van der Waals surface area contributed by atoms with Crippen LogP contribution in [0.5, 0.6) is 0 Å². The molecule has 126 valence electrons. The summed E-state index contributed by atoms with van der Waals surface area (Å²) in [5.74, 6) is 0. The molecule has 0 aliphatic carbocycles. The summed E-state index contributed by atoms with van der Waals surface area (Å²) in [6, 6.07) is 0. The van der Waals surface area contributed by atoms with Crippen molar-refractivity contribution in [2.24, 2.45) is 0 Å². The van der Waals surface area contributed by atoms with E-state index in [2.05, 4.69) is 13.1 Å². The van der Waals surface area contributed by atoms with E-state index in [-0.39, 0.29) is 59.1 Å². The number of rotatable bonds is 6. The minimum absolute atomic E-state index is 0. The van der Waals surface area contributed by atoms with Gasteiger partial charge in [0.05, 0.1) is 6.61 Å². The van der Waals surface area contributed by atoms with Gasteiger partial charge in [0, 0.05) is 7.11 Å². The summed E-state index contributed by atoms with van der Waals surface area (Å²) in [5, 5.41) is 19.4. The van der Waals surface area contributed by atoms with Crippen molar-refractivity contribution >= 4 is 20.8 Å². The van der Waals surface area contributed by atoms with E-state index in [9.17, 15) is 36.2 Å². The van der Waals surface area contributed by atoms with Gasteiger partial charge in [0.1, 0.15) is 24.4 Å². The first-order chi connectivity index (χ1) is 9.44. The van der Waals surface area contributed by atoms with Gasteiger partial charge < -0.3 is 28.8 Å². The fourth-order valence-corrected chi connectivity index (χ4v) is 2.44. The van der Waals surface area contributed by atoms with Gasteiger partial charge in [-0.3, -0.25) is 8.37 Å². The van der Waals surface area contributed by atoms with Crippen LogP contribution in [-0.4, -0.2) is 80.6 Å². The second kappa shape index (κ2) is 10.7. The molecular weight excluding hydrogens is 386 g/mol. The molecule has 1 aliphatic rings. The monoisotopic (exact) mass is 398 g/mol. The maximum atomic E-state index is 10.6. The minimum atomic E-state index is -5.29. The van der Waals surface area contributed by atoms with Gasteiger partial charge in [-0.2, -0.15) is 0 Å². The van der Waals surface area contributed by atoms with Crippen molar-refractivity contribution in [1.29, 1.82) is 0 Å². The molecule has 1 rings (SSSR count). The van der Waals surface area contributed by atoms with E-state index in [1.807, 2.05) is 0 Å². The topological polar surface area (TPSA) is 192 Å². The Balaban J connectivity index is 0. The smallest absolute Gasteiger partial charge is 0.726 e. The van der Waals surface area contributed by atoms with E-state index >= 15 is 0 Å². The van der Waals surface area contributed by atoms with E-state index in [4.69, 9.17) is 4.74 Å². The quantitative estimate of drug-likeness (QED) is 0.244. The number of aliphatic hydroxyl groups excluding tert-OH is 2. The van der Waals surface area contributed by atoms with Gasteiger partial charge in [0.15, 0.2) is 6.29 Å². The van der Waals surface area contributed by atoms with Crippen LogP contribution in [0.1, 0.15) is 0 Å². The summed E-state index contributed by atoms with van der Waals surface area (Å²) >= 11 is 0. The summed E-state index contributed by atoms with van der Waals surface area (Å²) < 4.78 is 80.0. The molecule has 1 aliphatic heterocycles. The van der Waals surface area contributed by atoms with Crippen LogP contribution < -0.4 is 59.1 Å². The molecule has 0 aromatic rings. The van der Waals surface area contributed by atoms with Crippen molar-refractivity contribution in [2.75, 3.05) is 13.7 Å². The third-order valence-corrected chi connectivity index (χ3v) is 3.36. The molecule has 0 aromatic carbocycles. The molecule has 0 spiro atoms. The van der Waals surface area contributed by atoms with Gasteiger partial charge in [-0.1, -0.05) is 0 Å². The molecule has 23 heavy (non-hydrogen) atoms. The Labute approximate surface area is 176 Å². The molecule has 0 radical (unpaired) electrons. The molecule has 5 atom stereocenters. The summed E-state index contributed by atoms with van der Waals surface area (Å²) in [5.41, 5.74) is 0. The Morgan fingerprint density at radius 1 is 1.04 bits per heavy atom. The normalized spacial score (nSPS) is 31.8. The Kier molecular flexibility index (Phi) is 12.4. The van der Waals surface area contributed by atoms with Crippen molar-refractivity contribution in [3.63, 3.8) is 0 Å². The molecule has 1 fully saturated rings. The summed E-state index contributed by atoms with van der Waals surface area (Å²) in [7, 11) is -9.35. The van der Waals surface area contributed by atoms with Crippen molar-refractivity contribution in [2.45, 2.75) is 30.7 Å². The summed E-state index contributed by atoms with van der Waals surface area (Å²) in [4.78, 5) is 0. The van der Waals surface area contributed by atoms with Gasteiger partial charge in [0.2, 0.25) is 20.8 Å². The number of hydrogen-bond donors (Lipinski definition) is 2. The minimum Gasteiger partial charge on any atom is -0.726 e. The van der Waals surface area contributed by atoms with E-state index in [0.29, 0.717) is 0 Å². The zero-order valence-corrected chi connectivity index (χ0v) is 18.0. The number of methoxy groups -OCH3 is 1. The van der Waals surface area contributed by atoms with Crippen LogP contribution in [0, 0.1) is 0 Å². The first-order valence-corrected chi connectivity index (χ1v) is 7.90. The summed E-state index contributed by atoms with van der Waals surface area (Å²) in [6.07, 6.45) is -8.99. The van der Waals surface area contributed by atoms with Gasteiger partial charge in [0.25, 0.3) is 0 Å². The number of aliphatic hydroxyl groups is 2. The van der Waals surface area contributed by atoms with Crippen LogP contribution in [0.15, 0.2) is 0 Å². The second-order valence-electron chi connectivity index (χ2n) is 3.92. The maximum Gasteiger partial charge on any atom is 1.00 e. The van der Waals surface area contributed by atoms with Crippen LogP contribution in [0.2, 0.25) is 0 Å². The second-order valence-corrected chi connectivity index (χ2v) is 5.98. The Morgan fingerprint density at radius 3 is 1.96 bits per heavy atom. The van der Waals surface area contributed by atoms with Crippen molar-refractivity contribution < 1.29 is 113 Å². The molecule has 0 aromatic heterocycles. The SMILES string of the molecule is CO[C@@H]1O[C@H](COS(=O)(=O)[O-])[C@H](O)[C@H](OS(=O)(=O)[O-])[C@H]1O.[Na+].[Na+]. The zero-order valence-electron chi connectivity index (χ0n) is 12.4. The number of ether oxygens (including phenoxy) is 2. The molecule has 1 heterocycles. The maximum absolute atomic E-state index is 10.6. The fourth-order valence-electron chi connectivity index (χ4n) is 1.63. The Morgan fingerprint density at radius 2 is 1.57 bits per heavy atom. The largest absolute Gasteiger partial charge is 1.00 e. The van der Waals surface area contributed by atoms with E-state index < -0.39 is 58.1 Å². The van der Waals surface area contributed by atoms with Crippen molar-refractivity contribution in [3.8, 4) is 0 Å². The van der Waals surface area contributed by atoms with Crippen LogP contribution in [-0.2, 0) is 38.6 Å². The van der Waals surface area contributed by atoms with Crippen LogP contribution in [0.3, 0.4) is 0 Å². The molecule has 0 unspecified atom stereocenters. The van der Waals surface area contributed by atoms with Gasteiger partial charge in [-0.15, -0.1) is 0 Å². The standard InChI is InChI=1S/C7H14O12S2.2Na/c1-16-7-5(9)6(19-21(13,14)15)4(8)3(18-7)2-17-20(10,11)12;;/h3-9H,2H2,1H3,(H,10,11,12)(H,13,14,15);;/q;2*+1/p-2/t3-,4+,5-,6+,7-;;/m1../s1. The Hall–Kier alpha value is 1.58. The van der Waals surface area contributed by atoms with Gasteiger partial charge >= 0.3 is 59.1 Å². The zero-order chi connectivity index (χ0) is 16.4. The van der Waals surface area contributed by atoms with E-state index in [1.54, 1.807) is 0 Å². The molecule has 0 amide bonds. The third-order valence-electron chi connectivity index (χ3n) is 2.48. The predicted octanol–water partition coefficient (Wildman–Crippen LogP) is -9.59. The van der Waals surface area contributed by atoms with Crippen molar-refractivity contribution in [1.82, 2.24) is 0 Å². The summed E-state index contributed by atoms with van der Waals surface area (Å²) in [6.45, 7) is -1.00. The van der Waals surface area contributed by atoms with Crippen molar-refractivity contribution in [3.05, 3.63) is 0 Å². The average Bonchev–Trinajstić information content (AvgIpc) is 2.31. The molecule has 0 saturated carbocycles. The molecule has 12 nitrogen and oxygen atoms in total. The van der Waals surface area contributed by atoms with Gasteiger partial charge in [-0.05, 0) is 0 Å². The van der Waals surface area contributed by atoms with Crippen LogP contribution in [0.4, 0.5) is 0 Å². The van der Waals surface area contributed by atoms with E-state index in [1.165, 1.54) is 0 Å². The Bertz CT molecular complexity index is 550.